The molecule has 106 valence electrons. The van der Waals surface area contributed by atoms with Crippen LogP contribution in [-0.4, -0.2) is 27.5 Å². The van der Waals surface area contributed by atoms with Gasteiger partial charge >= 0.3 is 0 Å². The molecule has 1 aromatic carbocycles. The van der Waals surface area contributed by atoms with Crippen LogP contribution in [0.4, 0.5) is 4.39 Å². The van der Waals surface area contributed by atoms with Crippen molar-refractivity contribution in [2.45, 2.75) is 23.8 Å². The molecule has 8 heteroatoms. The van der Waals surface area contributed by atoms with Crippen molar-refractivity contribution in [3.8, 4) is 0 Å². The van der Waals surface area contributed by atoms with E-state index in [0.717, 1.165) is 31.5 Å². The molecule has 1 heterocycles. The van der Waals surface area contributed by atoms with E-state index < -0.39 is 15.8 Å². The molecule has 19 heavy (non-hydrogen) atoms. The molecular formula is C11H13Cl2FN2O2S. The first kappa shape index (κ1) is 15.0. The van der Waals surface area contributed by atoms with Crippen molar-refractivity contribution in [2.75, 3.05) is 13.1 Å². The molecule has 1 aromatic rings. The molecule has 2 rings (SSSR count). The Kier molecular flexibility index (Phi) is 4.68. The summed E-state index contributed by atoms with van der Waals surface area (Å²) in [5.41, 5.74) is 0. The quantitative estimate of drug-likeness (QED) is 0.894. The molecule has 0 amide bonds. The first-order valence-corrected chi connectivity index (χ1v) is 8.01. The Morgan fingerprint density at radius 1 is 1.32 bits per heavy atom. The highest BCUT2D eigenvalue weighted by molar-refractivity contribution is 7.89. The minimum absolute atomic E-state index is 0.212. The summed E-state index contributed by atoms with van der Waals surface area (Å²) in [6, 6.07) is 1.65. The fourth-order valence-electron chi connectivity index (χ4n) is 2.02. The fraction of sp³-hybridized carbons (Fsp3) is 0.455. The van der Waals surface area contributed by atoms with Gasteiger partial charge in [0.2, 0.25) is 10.0 Å². The van der Waals surface area contributed by atoms with E-state index in [1.165, 1.54) is 0 Å². The zero-order chi connectivity index (χ0) is 14.0. The Morgan fingerprint density at radius 2 is 1.95 bits per heavy atom. The van der Waals surface area contributed by atoms with Crippen LogP contribution in [0.3, 0.4) is 0 Å². The van der Waals surface area contributed by atoms with Crippen molar-refractivity contribution >= 4 is 33.2 Å². The van der Waals surface area contributed by atoms with Crippen molar-refractivity contribution in [3.05, 3.63) is 28.0 Å². The van der Waals surface area contributed by atoms with Gasteiger partial charge in [-0.1, -0.05) is 23.2 Å². The third-order valence-electron chi connectivity index (χ3n) is 2.85. The zero-order valence-corrected chi connectivity index (χ0v) is 12.2. The number of hydrogen-bond acceptors (Lipinski definition) is 3. The molecular weight excluding hydrogens is 314 g/mol. The lowest BCUT2D eigenvalue weighted by atomic mass is 10.1. The van der Waals surface area contributed by atoms with Crippen LogP contribution in [0, 0.1) is 5.82 Å². The monoisotopic (exact) mass is 326 g/mol. The third-order valence-corrected chi connectivity index (χ3v) is 5.29. The average molecular weight is 327 g/mol. The van der Waals surface area contributed by atoms with Crippen molar-refractivity contribution < 1.29 is 12.8 Å². The molecule has 4 nitrogen and oxygen atoms in total. The topological polar surface area (TPSA) is 58.2 Å². The molecule has 0 aliphatic carbocycles. The van der Waals surface area contributed by atoms with Gasteiger partial charge in [-0.2, -0.15) is 0 Å². The lowest BCUT2D eigenvalue weighted by Crippen LogP contribution is -2.45. The second-order valence-electron chi connectivity index (χ2n) is 4.36. The second-order valence-corrected chi connectivity index (χ2v) is 6.83. The molecule has 0 bridgehead atoms. The SMILES string of the molecule is O=S(=O)(N[C@H]1CCCNC1)c1c(Cl)cc(F)cc1Cl. The third kappa shape index (κ3) is 3.58. The maximum atomic E-state index is 13.1. The van der Waals surface area contributed by atoms with Gasteiger partial charge in [-0.3, -0.25) is 0 Å². The normalized spacial score (nSPS) is 20.5. The van der Waals surface area contributed by atoms with E-state index in [4.69, 9.17) is 23.2 Å². The zero-order valence-electron chi connectivity index (χ0n) is 9.92. The molecule has 0 spiro atoms. The van der Waals surface area contributed by atoms with Gasteiger partial charge in [0, 0.05) is 12.6 Å². The molecule has 0 radical (unpaired) electrons. The lowest BCUT2D eigenvalue weighted by molar-refractivity contribution is 0.428. The molecule has 0 saturated carbocycles. The predicted octanol–water partition coefficient (Wildman–Crippen LogP) is 2.16. The van der Waals surface area contributed by atoms with Gasteiger partial charge in [-0.15, -0.1) is 0 Å². The van der Waals surface area contributed by atoms with Crippen LogP contribution in [0.1, 0.15) is 12.8 Å². The summed E-state index contributed by atoms with van der Waals surface area (Å²) in [5, 5.41) is 2.65. The maximum Gasteiger partial charge on any atom is 0.243 e. The Balaban J connectivity index is 2.29. The molecule has 0 aromatic heterocycles. The molecule has 2 N–H and O–H groups in total. The number of sulfonamides is 1. The summed E-state index contributed by atoms with van der Waals surface area (Å²) in [6.07, 6.45) is 1.63. The second kappa shape index (κ2) is 5.93. The summed E-state index contributed by atoms with van der Waals surface area (Å²) >= 11 is 11.6. The Morgan fingerprint density at radius 3 is 2.47 bits per heavy atom. The van der Waals surface area contributed by atoms with Gasteiger partial charge < -0.3 is 5.32 Å². The number of nitrogens with one attached hydrogen (secondary N) is 2. The first-order chi connectivity index (χ1) is 8.90. The van der Waals surface area contributed by atoms with E-state index in [-0.39, 0.29) is 21.0 Å². The van der Waals surface area contributed by atoms with E-state index in [9.17, 15) is 12.8 Å². The highest BCUT2D eigenvalue weighted by atomic mass is 35.5. The highest BCUT2D eigenvalue weighted by Gasteiger charge is 2.26. The lowest BCUT2D eigenvalue weighted by Gasteiger charge is -2.24. The van der Waals surface area contributed by atoms with Gasteiger partial charge in [0.15, 0.2) is 0 Å². The molecule has 1 aliphatic heterocycles. The largest absolute Gasteiger partial charge is 0.315 e. The smallest absolute Gasteiger partial charge is 0.243 e. The standard InChI is InChI=1S/C11H13Cl2FN2O2S/c12-9-4-7(14)5-10(13)11(9)19(17,18)16-8-2-1-3-15-6-8/h4-5,8,15-16H,1-3,6H2/t8-/m0/s1. The van der Waals surface area contributed by atoms with Crippen LogP contribution in [0.2, 0.25) is 10.0 Å². The average Bonchev–Trinajstić information content (AvgIpc) is 2.27. The van der Waals surface area contributed by atoms with E-state index >= 15 is 0 Å². The Labute approximate surface area is 121 Å². The summed E-state index contributed by atoms with van der Waals surface area (Å²) in [5.74, 6) is -0.673. The maximum absolute atomic E-state index is 13.1. The van der Waals surface area contributed by atoms with Crippen LogP contribution in [0.15, 0.2) is 17.0 Å². The van der Waals surface area contributed by atoms with Crippen LogP contribution in [0.25, 0.3) is 0 Å². The molecule has 1 fully saturated rings. The number of benzene rings is 1. The van der Waals surface area contributed by atoms with Crippen LogP contribution in [-0.2, 0) is 10.0 Å². The molecule has 1 saturated heterocycles. The molecule has 0 unspecified atom stereocenters. The van der Waals surface area contributed by atoms with E-state index in [2.05, 4.69) is 10.0 Å². The van der Waals surface area contributed by atoms with E-state index in [1.54, 1.807) is 0 Å². The highest BCUT2D eigenvalue weighted by Crippen LogP contribution is 2.30. The Hall–Kier alpha value is -0.400. The number of rotatable bonds is 3. The fourth-order valence-corrected chi connectivity index (χ4v) is 4.48. The molecule has 1 atom stereocenters. The summed E-state index contributed by atoms with van der Waals surface area (Å²) in [7, 11) is -3.86. The minimum Gasteiger partial charge on any atom is -0.315 e. The van der Waals surface area contributed by atoms with Crippen LogP contribution in [0.5, 0.6) is 0 Å². The van der Waals surface area contributed by atoms with E-state index in [1.807, 2.05) is 0 Å². The summed E-state index contributed by atoms with van der Waals surface area (Å²) in [4.78, 5) is -0.275. The van der Waals surface area contributed by atoms with Crippen molar-refractivity contribution in [1.29, 1.82) is 0 Å². The predicted molar refractivity (Wildman–Crippen MR) is 72.6 cm³/mol. The molecule has 1 aliphatic rings. The van der Waals surface area contributed by atoms with Crippen LogP contribution < -0.4 is 10.0 Å². The van der Waals surface area contributed by atoms with Gasteiger partial charge in [-0.25, -0.2) is 17.5 Å². The van der Waals surface area contributed by atoms with Gasteiger partial charge in [-0.05, 0) is 31.5 Å². The van der Waals surface area contributed by atoms with E-state index in [0.29, 0.717) is 6.54 Å². The van der Waals surface area contributed by atoms with Gasteiger partial charge in [0.25, 0.3) is 0 Å². The minimum atomic E-state index is -3.86. The number of hydrogen-bond donors (Lipinski definition) is 2. The summed E-state index contributed by atoms with van der Waals surface area (Å²) < 4.78 is 40.0. The van der Waals surface area contributed by atoms with Crippen LogP contribution >= 0.6 is 23.2 Å². The van der Waals surface area contributed by atoms with Crippen molar-refractivity contribution in [1.82, 2.24) is 10.0 Å². The Bertz CT molecular complexity index is 551. The number of piperidine rings is 1. The van der Waals surface area contributed by atoms with Gasteiger partial charge in [0.1, 0.15) is 10.7 Å². The summed E-state index contributed by atoms with van der Waals surface area (Å²) in [6.45, 7) is 1.42. The van der Waals surface area contributed by atoms with Crippen molar-refractivity contribution in [3.63, 3.8) is 0 Å². The number of halogens is 3. The van der Waals surface area contributed by atoms with Crippen molar-refractivity contribution in [2.24, 2.45) is 0 Å². The van der Waals surface area contributed by atoms with Gasteiger partial charge in [0.05, 0.1) is 10.0 Å². The first-order valence-electron chi connectivity index (χ1n) is 5.78.